The molecule has 2 aromatic rings. The van der Waals surface area contributed by atoms with Gasteiger partial charge in [-0.3, -0.25) is 14.9 Å². The molecule has 112 valence electrons. The van der Waals surface area contributed by atoms with E-state index in [0.29, 0.717) is 9.52 Å². The highest BCUT2D eigenvalue weighted by atomic mass is 32.2. The SMILES string of the molecule is O=C1NC(=O)C2C1Sc1[nH]c(=S)sc1C2c1ccccc1O. The number of phenols is 1. The van der Waals surface area contributed by atoms with Gasteiger partial charge in [-0.15, -0.1) is 11.3 Å². The van der Waals surface area contributed by atoms with Crippen molar-refractivity contribution in [1.29, 1.82) is 0 Å². The largest absolute Gasteiger partial charge is 0.508 e. The number of carbonyl (C=O) groups excluding carboxylic acids is 2. The summed E-state index contributed by atoms with van der Waals surface area (Å²) in [5, 5.41) is 12.9. The normalized spacial score (nSPS) is 26.5. The molecule has 0 radical (unpaired) electrons. The van der Waals surface area contributed by atoms with E-state index in [9.17, 15) is 14.7 Å². The van der Waals surface area contributed by atoms with Crippen LogP contribution in [0.25, 0.3) is 0 Å². The molecule has 0 saturated carbocycles. The van der Waals surface area contributed by atoms with E-state index >= 15 is 0 Å². The number of amides is 2. The third kappa shape index (κ3) is 1.94. The number of fused-ring (bicyclic) bond motifs is 2. The van der Waals surface area contributed by atoms with Gasteiger partial charge in [0.25, 0.3) is 0 Å². The quantitative estimate of drug-likeness (QED) is 0.543. The van der Waals surface area contributed by atoms with Gasteiger partial charge in [0.2, 0.25) is 11.8 Å². The van der Waals surface area contributed by atoms with Crippen LogP contribution in [0, 0.1) is 9.87 Å². The fourth-order valence-corrected chi connectivity index (χ4v) is 5.94. The molecule has 2 aliphatic heterocycles. The van der Waals surface area contributed by atoms with Crippen molar-refractivity contribution in [3.05, 3.63) is 38.7 Å². The first-order valence-corrected chi connectivity index (χ1v) is 8.69. The molecule has 3 N–H and O–H groups in total. The number of thiazole rings is 1. The molecule has 1 aromatic heterocycles. The van der Waals surface area contributed by atoms with Crippen molar-refractivity contribution in [3.8, 4) is 5.75 Å². The number of hydrogen-bond acceptors (Lipinski definition) is 6. The maximum absolute atomic E-state index is 12.3. The second-order valence-electron chi connectivity index (χ2n) is 5.16. The fraction of sp³-hybridized carbons (Fsp3) is 0.214. The summed E-state index contributed by atoms with van der Waals surface area (Å²) >= 11 is 7.94. The fourth-order valence-electron chi connectivity index (χ4n) is 3.02. The molecule has 0 spiro atoms. The van der Waals surface area contributed by atoms with E-state index in [1.165, 1.54) is 23.1 Å². The average Bonchev–Trinajstić information content (AvgIpc) is 2.97. The zero-order chi connectivity index (χ0) is 15.4. The molecule has 3 unspecified atom stereocenters. The first-order valence-electron chi connectivity index (χ1n) is 6.58. The Bertz CT molecular complexity index is 857. The summed E-state index contributed by atoms with van der Waals surface area (Å²) in [7, 11) is 0. The molecule has 0 bridgehead atoms. The van der Waals surface area contributed by atoms with Crippen LogP contribution in [0.2, 0.25) is 0 Å². The summed E-state index contributed by atoms with van der Waals surface area (Å²) in [6.45, 7) is 0. The van der Waals surface area contributed by atoms with Crippen molar-refractivity contribution >= 4 is 47.1 Å². The molecule has 1 saturated heterocycles. The lowest BCUT2D eigenvalue weighted by atomic mass is 9.83. The lowest BCUT2D eigenvalue weighted by molar-refractivity contribution is -0.125. The van der Waals surface area contributed by atoms with Crippen LogP contribution >= 0.6 is 35.3 Å². The van der Waals surface area contributed by atoms with Gasteiger partial charge in [0.1, 0.15) is 11.0 Å². The van der Waals surface area contributed by atoms with Gasteiger partial charge in [0, 0.05) is 16.4 Å². The average molecular weight is 350 g/mol. The number of rotatable bonds is 1. The predicted molar refractivity (Wildman–Crippen MR) is 85.7 cm³/mol. The van der Waals surface area contributed by atoms with Gasteiger partial charge in [-0.25, -0.2) is 0 Å². The molecule has 3 heterocycles. The number of para-hydroxylation sites is 1. The Hall–Kier alpha value is -1.64. The number of H-pyrrole nitrogens is 1. The number of phenolic OH excluding ortho intramolecular Hbond substituents is 1. The van der Waals surface area contributed by atoms with Crippen LogP contribution in [0.5, 0.6) is 5.75 Å². The molecule has 5 nitrogen and oxygen atoms in total. The predicted octanol–water partition coefficient (Wildman–Crippen LogP) is 2.39. The second kappa shape index (κ2) is 4.94. The van der Waals surface area contributed by atoms with Crippen LogP contribution in [0.15, 0.2) is 29.3 Å². The number of carbonyl (C=O) groups is 2. The lowest BCUT2D eigenvalue weighted by Gasteiger charge is -2.30. The molecule has 4 rings (SSSR count). The number of nitrogens with one attached hydrogen (secondary N) is 2. The Balaban J connectivity index is 1.96. The number of imide groups is 1. The number of benzene rings is 1. The first kappa shape index (κ1) is 14.0. The molecule has 2 amide bonds. The van der Waals surface area contributed by atoms with Crippen molar-refractivity contribution < 1.29 is 14.7 Å². The zero-order valence-corrected chi connectivity index (χ0v) is 13.5. The number of hydrogen-bond donors (Lipinski definition) is 3. The minimum Gasteiger partial charge on any atom is -0.508 e. The Kier molecular flexibility index (Phi) is 3.14. The van der Waals surface area contributed by atoms with Crippen LogP contribution < -0.4 is 5.32 Å². The smallest absolute Gasteiger partial charge is 0.240 e. The van der Waals surface area contributed by atoms with E-state index in [2.05, 4.69) is 10.3 Å². The van der Waals surface area contributed by atoms with Gasteiger partial charge in [0.15, 0.2) is 3.95 Å². The topological polar surface area (TPSA) is 82.2 Å². The molecule has 22 heavy (non-hydrogen) atoms. The molecule has 0 aliphatic carbocycles. The van der Waals surface area contributed by atoms with Gasteiger partial charge in [-0.05, 0) is 18.3 Å². The molecule has 2 aliphatic rings. The zero-order valence-electron chi connectivity index (χ0n) is 11.0. The monoisotopic (exact) mass is 350 g/mol. The molecule has 1 aromatic carbocycles. The summed E-state index contributed by atoms with van der Waals surface area (Å²) in [5.41, 5.74) is 0.647. The van der Waals surface area contributed by atoms with Crippen molar-refractivity contribution in [2.24, 2.45) is 5.92 Å². The van der Waals surface area contributed by atoms with Gasteiger partial charge >= 0.3 is 0 Å². The Morgan fingerprint density at radius 2 is 1.95 bits per heavy atom. The van der Waals surface area contributed by atoms with Gasteiger partial charge < -0.3 is 10.1 Å². The van der Waals surface area contributed by atoms with Crippen LogP contribution in [-0.4, -0.2) is 27.2 Å². The minimum atomic E-state index is -0.528. The number of thioether (sulfide) groups is 1. The summed E-state index contributed by atoms with van der Waals surface area (Å²) in [4.78, 5) is 28.3. The van der Waals surface area contributed by atoms with Crippen LogP contribution in [0.3, 0.4) is 0 Å². The van der Waals surface area contributed by atoms with E-state index in [-0.39, 0.29) is 23.5 Å². The standard InChI is InChI=1S/C14H10N2O3S3/c17-6-4-2-1-3-5(6)7-8-9(12(19)15-11(8)18)21-13-10(7)22-14(20)16-13/h1-4,7-9,17H,(H,16,20)(H,15,18,19). The number of aromatic hydroxyl groups is 1. The van der Waals surface area contributed by atoms with E-state index in [0.717, 1.165) is 9.90 Å². The summed E-state index contributed by atoms with van der Waals surface area (Å²) in [6.07, 6.45) is 0. The Morgan fingerprint density at radius 3 is 2.73 bits per heavy atom. The van der Waals surface area contributed by atoms with Crippen LogP contribution in [0.4, 0.5) is 0 Å². The van der Waals surface area contributed by atoms with Crippen LogP contribution in [0.1, 0.15) is 16.4 Å². The summed E-state index contributed by atoms with van der Waals surface area (Å²) in [6, 6.07) is 6.92. The molecular formula is C14H10N2O3S3. The van der Waals surface area contributed by atoms with E-state index in [1.54, 1.807) is 18.2 Å². The van der Waals surface area contributed by atoms with E-state index in [4.69, 9.17) is 12.2 Å². The second-order valence-corrected chi connectivity index (χ2v) is 8.03. The minimum absolute atomic E-state index is 0.121. The number of aromatic amines is 1. The highest BCUT2D eigenvalue weighted by Gasteiger charge is 2.52. The first-order chi connectivity index (χ1) is 10.6. The maximum Gasteiger partial charge on any atom is 0.240 e. The van der Waals surface area contributed by atoms with Crippen molar-refractivity contribution in [2.45, 2.75) is 16.2 Å². The molecular weight excluding hydrogens is 340 g/mol. The van der Waals surface area contributed by atoms with Crippen molar-refractivity contribution in [1.82, 2.24) is 10.3 Å². The van der Waals surface area contributed by atoms with E-state index < -0.39 is 11.2 Å². The Labute approximate surface area is 138 Å². The van der Waals surface area contributed by atoms with Gasteiger partial charge in [-0.1, -0.05) is 30.0 Å². The maximum atomic E-state index is 12.3. The number of aromatic nitrogens is 1. The third-order valence-corrected chi connectivity index (χ3v) is 6.70. The molecule has 1 fully saturated rings. The van der Waals surface area contributed by atoms with Gasteiger partial charge in [0.05, 0.1) is 10.9 Å². The lowest BCUT2D eigenvalue weighted by Crippen LogP contribution is -2.31. The molecule has 8 heteroatoms. The highest BCUT2D eigenvalue weighted by molar-refractivity contribution is 8.00. The Morgan fingerprint density at radius 1 is 1.18 bits per heavy atom. The summed E-state index contributed by atoms with van der Waals surface area (Å²) < 4.78 is 0.603. The van der Waals surface area contributed by atoms with Crippen molar-refractivity contribution in [2.75, 3.05) is 0 Å². The summed E-state index contributed by atoms with van der Waals surface area (Å²) in [5.74, 6) is -1.35. The van der Waals surface area contributed by atoms with Gasteiger partial charge in [-0.2, -0.15) is 0 Å². The highest BCUT2D eigenvalue weighted by Crippen LogP contribution is 2.53. The molecule has 3 atom stereocenters. The third-order valence-electron chi connectivity index (χ3n) is 3.93. The van der Waals surface area contributed by atoms with Crippen molar-refractivity contribution in [3.63, 3.8) is 0 Å². The van der Waals surface area contributed by atoms with Crippen LogP contribution in [-0.2, 0) is 9.59 Å². The van der Waals surface area contributed by atoms with E-state index in [1.807, 2.05) is 6.07 Å².